The Bertz CT molecular complexity index is 1020. The molecule has 0 unspecified atom stereocenters. The first-order chi connectivity index (χ1) is 13.5. The molecular weight excluding hydrogens is 420 g/mol. The van der Waals surface area contributed by atoms with Gasteiger partial charge in [-0.25, -0.2) is 5.43 Å². The molecule has 2 N–H and O–H groups in total. The molecule has 0 saturated heterocycles. The van der Waals surface area contributed by atoms with Crippen molar-refractivity contribution in [2.75, 3.05) is 5.32 Å². The second-order valence-corrected chi connectivity index (χ2v) is 6.86. The summed E-state index contributed by atoms with van der Waals surface area (Å²) in [5, 5.41) is 6.71. The highest BCUT2D eigenvalue weighted by Crippen LogP contribution is 2.14. The topological polar surface area (TPSA) is 83.5 Å². The van der Waals surface area contributed by atoms with Gasteiger partial charge in [-0.3, -0.25) is 14.6 Å². The fraction of sp³-hybridized carbons (Fsp3) is 0.0476. The normalized spacial score (nSPS) is 10.6. The van der Waals surface area contributed by atoms with E-state index in [9.17, 15) is 9.59 Å². The first-order valence-corrected chi connectivity index (χ1v) is 9.24. The van der Waals surface area contributed by atoms with Crippen LogP contribution < -0.4 is 10.7 Å². The van der Waals surface area contributed by atoms with Crippen LogP contribution in [0.15, 0.2) is 76.3 Å². The van der Waals surface area contributed by atoms with Crippen molar-refractivity contribution < 1.29 is 9.59 Å². The number of nitrogens with zero attached hydrogens (tertiary/aromatic N) is 2. The number of halogens is 1. The number of amides is 2. The highest BCUT2D eigenvalue weighted by atomic mass is 79.9. The number of rotatable bonds is 5. The SMILES string of the molecule is Cc1cccc(C=NNC(=O)c2ccc(NC(=O)c3ccc(Br)cc3)cc2)n1. The summed E-state index contributed by atoms with van der Waals surface area (Å²) < 4.78 is 0.903. The van der Waals surface area contributed by atoms with E-state index in [0.717, 1.165) is 10.2 Å². The zero-order valence-electron chi connectivity index (χ0n) is 15.0. The summed E-state index contributed by atoms with van der Waals surface area (Å²) in [7, 11) is 0. The molecule has 6 nitrogen and oxygen atoms in total. The Morgan fingerprint density at radius 3 is 2.25 bits per heavy atom. The highest BCUT2D eigenvalue weighted by Gasteiger charge is 2.08. The largest absolute Gasteiger partial charge is 0.322 e. The van der Waals surface area contributed by atoms with E-state index in [4.69, 9.17) is 0 Å². The molecule has 0 atom stereocenters. The first-order valence-electron chi connectivity index (χ1n) is 8.45. The van der Waals surface area contributed by atoms with Gasteiger partial charge in [-0.15, -0.1) is 0 Å². The van der Waals surface area contributed by atoms with E-state index in [-0.39, 0.29) is 11.8 Å². The van der Waals surface area contributed by atoms with Gasteiger partial charge < -0.3 is 5.32 Å². The maximum atomic E-state index is 12.2. The van der Waals surface area contributed by atoms with E-state index in [1.165, 1.54) is 6.21 Å². The molecule has 0 aliphatic heterocycles. The number of hydrazone groups is 1. The zero-order chi connectivity index (χ0) is 19.9. The summed E-state index contributed by atoms with van der Waals surface area (Å²) in [5.41, 5.74) is 5.55. The van der Waals surface area contributed by atoms with E-state index in [1.54, 1.807) is 54.6 Å². The number of anilines is 1. The lowest BCUT2D eigenvalue weighted by molar-refractivity contribution is 0.0954. The smallest absolute Gasteiger partial charge is 0.271 e. The molecule has 140 valence electrons. The minimum Gasteiger partial charge on any atom is -0.322 e. The van der Waals surface area contributed by atoms with Crippen LogP contribution in [0.5, 0.6) is 0 Å². The molecule has 0 saturated carbocycles. The fourth-order valence-corrected chi connectivity index (χ4v) is 2.63. The van der Waals surface area contributed by atoms with Crippen molar-refractivity contribution in [2.24, 2.45) is 5.10 Å². The lowest BCUT2D eigenvalue weighted by Crippen LogP contribution is -2.18. The summed E-state index contributed by atoms with van der Waals surface area (Å²) in [6.45, 7) is 1.88. The fourth-order valence-electron chi connectivity index (χ4n) is 2.37. The summed E-state index contributed by atoms with van der Waals surface area (Å²) in [6.07, 6.45) is 1.48. The maximum Gasteiger partial charge on any atom is 0.271 e. The number of hydrogen-bond donors (Lipinski definition) is 2. The van der Waals surface area contributed by atoms with Crippen LogP contribution in [0.3, 0.4) is 0 Å². The van der Waals surface area contributed by atoms with E-state index in [2.05, 4.69) is 36.8 Å². The molecule has 0 spiro atoms. The van der Waals surface area contributed by atoms with Gasteiger partial charge >= 0.3 is 0 Å². The molecule has 3 aromatic rings. The predicted molar refractivity (Wildman–Crippen MR) is 113 cm³/mol. The quantitative estimate of drug-likeness (QED) is 0.464. The number of carbonyl (C=O) groups is 2. The van der Waals surface area contributed by atoms with Crippen molar-refractivity contribution in [3.63, 3.8) is 0 Å². The van der Waals surface area contributed by atoms with Gasteiger partial charge in [0.2, 0.25) is 0 Å². The molecule has 28 heavy (non-hydrogen) atoms. The number of benzene rings is 2. The number of carbonyl (C=O) groups excluding carboxylic acids is 2. The molecule has 0 aliphatic rings. The minimum atomic E-state index is -0.352. The standard InChI is InChI=1S/C21H17BrN4O2/c1-14-3-2-4-19(24-14)13-23-26-21(28)16-7-11-18(12-8-16)25-20(27)15-5-9-17(22)10-6-15/h2-13H,1H3,(H,25,27)(H,26,28). The number of pyridine rings is 1. The van der Waals surface area contributed by atoms with Crippen molar-refractivity contribution in [1.29, 1.82) is 0 Å². The van der Waals surface area contributed by atoms with Gasteiger partial charge in [0, 0.05) is 27.0 Å². The molecule has 1 aromatic heterocycles. The summed E-state index contributed by atoms with van der Waals surface area (Å²) in [4.78, 5) is 28.6. The molecule has 0 aliphatic carbocycles. The number of nitrogens with one attached hydrogen (secondary N) is 2. The van der Waals surface area contributed by atoms with Crippen molar-refractivity contribution in [2.45, 2.75) is 6.92 Å². The molecule has 0 radical (unpaired) electrons. The van der Waals surface area contributed by atoms with Gasteiger partial charge in [-0.1, -0.05) is 22.0 Å². The Labute approximate surface area is 170 Å². The van der Waals surface area contributed by atoms with Crippen molar-refractivity contribution >= 4 is 39.6 Å². The van der Waals surface area contributed by atoms with Gasteiger partial charge in [0.05, 0.1) is 11.9 Å². The predicted octanol–water partition coefficient (Wildman–Crippen LogP) is 4.17. The van der Waals surface area contributed by atoms with Gasteiger partial charge in [0.15, 0.2) is 0 Å². The van der Waals surface area contributed by atoms with Gasteiger partial charge in [-0.2, -0.15) is 5.10 Å². The van der Waals surface area contributed by atoms with Crippen LogP contribution in [0.1, 0.15) is 32.1 Å². The second-order valence-electron chi connectivity index (χ2n) is 5.94. The van der Waals surface area contributed by atoms with E-state index in [1.807, 2.05) is 19.1 Å². The van der Waals surface area contributed by atoms with E-state index < -0.39 is 0 Å². The minimum absolute atomic E-state index is 0.222. The molecule has 3 rings (SSSR count). The number of aromatic nitrogens is 1. The second kappa shape index (κ2) is 9.05. The average Bonchev–Trinajstić information content (AvgIpc) is 2.69. The summed E-state index contributed by atoms with van der Waals surface area (Å²) in [6, 6.07) is 19.2. The van der Waals surface area contributed by atoms with Crippen molar-refractivity contribution in [3.05, 3.63) is 93.7 Å². The van der Waals surface area contributed by atoms with Crippen molar-refractivity contribution in [1.82, 2.24) is 10.4 Å². The zero-order valence-corrected chi connectivity index (χ0v) is 16.6. The Morgan fingerprint density at radius 1 is 0.929 bits per heavy atom. The lowest BCUT2D eigenvalue weighted by Gasteiger charge is -2.06. The van der Waals surface area contributed by atoms with Crippen LogP contribution in [0.2, 0.25) is 0 Å². The van der Waals surface area contributed by atoms with Crippen LogP contribution in [0.25, 0.3) is 0 Å². The Balaban J connectivity index is 1.58. The monoisotopic (exact) mass is 436 g/mol. The molecule has 0 fully saturated rings. The number of hydrogen-bond acceptors (Lipinski definition) is 4. The van der Waals surface area contributed by atoms with Crippen LogP contribution in [0.4, 0.5) is 5.69 Å². The third kappa shape index (κ3) is 5.34. The van der Waals surface area contributed by atoms with Gasteiger partial charge in [0.25, 0.3) is 11.8 Å². The van der Waals surface area contributed by atoms with Crippen LogP contribution in [-0.2, 0) is 0 Å². The molecular formula is C21H17BrN4O2. The van der Waals surface area contributed by atoms with Crippen molar-refractivity contribution in [3.8, 4) is 0 Å². The highest BCUT2D eigenvalue weighted by molar-refractivity contribution is 9.10. The van der Waals surface area contributed by atoms with E-state index >= 15 is 0 Å². The number of aryl methyl sites for hydroxylation is 1. The summed E-state index contributed by atoms with van der Waals surface area (Å²) in [5.74, 6) is -0.574. The Kier molecular flexibility index (Phi) is 6.29. The molecule has 7 heteroatoms. The first kappa shape index (κ1) is 19.4. The van der Waals surface area contributed by atoms with E-state index in [0.29, 0.717) is 22.5 Å². The molecule has 2 aromatic carbocycles. The van der Waals surface area contributed by atoms with Crippen LogP contribution in [0, 0.1) is 6.92 Å². The Morgan fingerprint density at radius 2 is 1.57 bits per heavy atom. The summed E-state index contributed by atoms with van der Waals surface area (Å²) >= 11 is 3.33. The lowest BCUT2D eigenvalue weighted by atomic mass is 10.1. The van der Waals surface area contributed by atoms with Gasteiger partial charge in [-0.05, 0) is 67.6 Å². The maximum absolute atomic E-state index is 12.2. The third-order valence-electron chi connectivity index (χ3n) is 3.78. The molecule has 2 amide bonds. The van der Waals surface area contributed by atoms with Crippen LogP contribution >= 0.6 is 15.9 Å². The molecule has 1 heterocycles. The van der Waals surface area contributed by atoms with Gasteiger partial charge in [0.1, 0.15) is 0 Å². The Hall–Kier alpha value is -3.32. The average molecular weight is 437 g/mol. The third-order valence-corrected chi connectivity index (χ3v) is 4.31. The molecule has 0 bridgehead atoms. The van der Waals surface area contributed by atoms with Crippen LogP contribution in [-0.4, -0.2) is 23.0 Å².